The maximum Gasteiger partial charge on any atom is 0.135 e. The van der Waals surface area contributed by atoms with Crippen LogP contribution in [-0.4, -0.2) is 34.3 Å². The van der Waals surface area contributed by atoms with Crippen molar-refractivity contribution >= 4 is 5.82 Å². The second-order valence-electron chi connectivity index (χ2n) is 5.22. The Labute approximate surface area is 115 Å². The van der Waals surface area contributed by atoms with Gasteiger partial charge in [0.1, 0.15) is 12.1 Å². The third-order valence-electron chi connectivity index (χ3n) is 4.10. The number of aryl methyl sites for hydroxylation is 1. The summed E-state index contributed by atoms with van der Waals surface area (Å²) in [5.41, 5.74) is 2.53. The van der Waals surface area contributed by atoms with Crippen LogP contribution < -0.4 is 4.90 Å². The average Bonchev–Trinajstić information content (AvgIpc) is 2.47. The van der Waals surface area contributed by atoms with Crippen molar-refractivity contribution in [3.8, 4) is 0 Å². The summed E-state index contributed by atoms with van der Waals surface area (Å²) in [6.45, 7) is 5.24. The Morgan fingerprint density at radius 3 is 2.63 bits per heavy atom. The van der Waals surface area contributed by atoms with Crippen LogP contribution in [0, 0.1) is 0 Å². The van der Waals surface area contributed by atoms with E-state index < -0.39 is 0 Å². The Bertz CT molecular complexity index is 404. The lowest BCUT2D eigenvalue weighted by atomic mass is 9.95. The summed E-state index contributed by atoms with van der Waals surface area (Å²) in [7, 11) is 0. The first-order valence-electron chi connectivity index (χ1n) is 7.52. The monoisotopic (exact) mass is 263 g/mol. The number of aliphatic hydroxyl groups is 1. The second kappa shape index (κ2) is 6.85. The van der Waals surface area contributed by atoms with Gasteiger partial charge in [0.25, 0.3) is 0 Å². The van der Waals surface area contributed by atoms with Crippen molar-refractivity contribution in [2.45, 2.75) is 58.4 Å². The minimum atomic E-state index is 0.176. The highest BCUT2D eigenvalue weighted by atomic mass is 16.3. The number of aliphatic hydroxyl groups excluding tert-OH is 1. The van der Waals surface area contributed by atoms with Crippen LogP contribution in [0.25, 0.3) is 0 Å². The van der Waals surface area contributed by atoms with Gasteiger partial charge in [-0.2, -0.15) is 0 Å². The predicted molar refractivity (Wildman–Crippen MR) is 77.5 cm³/mol. The molecule has 0 aromatic carbocycles. The summed E-state index contributed by atoms with van der Waals surface area (Å²) in [4.78, 5) is 11.2. The molecule has 106 valence electrons. The fraction of sp³-hybridized carbons (Fsp3) is 0.733. The highest BCUT2D eigenvalue weighted by Crippen LogP contribution is 2.29. The summed E-state index contributed by atoms with van der Waals surface area (Å²) in [6.07, 6.45) is 8.45. The molecule has 0 saturated heterocycles. The molecule has 0 radical (unpaired) electrons. The topological polar surface area (TPSA) is 49.2 Å². The number of fused-ring (bicyclic) bond motifs is 1. The van der Waals surface area contributed by atoms with Gasteiger partial charge in [0.15, 0.2) is 0 Å². The van der Waals surface area contributed by atoms with Crippen molar-refractivity contribution in [1.82, 2.24) is 9.97 Å². The zero-order valence-corrected chi connectivity index (χ0v) is 12.1. The molecule has 4 heteroatoms. The molecule has 0 amide bonds. The van der Waals surface area contributed by atoms with Gasteiger partial charge in [0, 0.05) is 23.8 Å². The molecule has 0 spiro atoms. The van der Waals surface area contributed by atoms with Gasteiger partial charge in [-0.25, -0.2) is 9.97 Å². The van der Waals surface area contributed by atoms with Crippen LogP contribution in [0.4, 0.5) is 5.82 Å². The molecule has 1 aromatic rings. The first kappa shape index (κ1) is 14.3. The first-order chi connectivity index (χ1) is 9.31. The van der Waals surface area contributed by atoms with Crippen LogP contribution in [0.5, 0.6) is 0 Å². The van der Waals surface area contributed by atoms with E-state index in [1.54, 1.807) is 6.33 Å². The fourth-order valence-corrected chi connectivity index (χ4v) is 3.05. The largest absolute Gasteiger partial charge is 0.395 e. The van der Waals surface area contributed by atoms with E-state index in [9.17, 15) is 5.11 Å². The minimum absolute atomic E-state index is 0.176. The number of hydrogen-bond acceptors (Lipinski definition) is 4. The van der Waals surface area contributed by atoms with Crippen LogP contribution in [0.3, 0.4) is 0 Å². The van der Waals surface area contributed by atoms with Crippen LogP contribution in [0.15, 0.2) is 6.33 Å². The second-order valence-corrected chi connectivity index (χ2v) is 5.22. The molecule has 1 heterocycles. The molecule has 0 fully saturated rings. The Balaban J connectivity index is 2.35. The third kappa shape index (κ3) is 3.06. The summed E-state index contributed by atoms with van der Waals surface area (Å²) in [6, 6.07) is 0.452. The van der Waals surface area contributed by atoms with Gasteiger partial charge in [0.05, 0.1) is 6.61 Å². The predicted octanol–water partition coefficient (Wildman–Crippen LogP) is 2.34. The van der Waals surface area contributed by atoms with E-state index in [0.29, 0.717) is 12.6 Å². The highest BCUT2D eigenvalue weighted by Gasteiger charge is 2.23. The molecular formula is C15H25N3O. The SMILES string of the molecule is CCC(CC)N(CCO)c1ncnc2c1CCCC2. The maximum absolute atomic E-state index is 9.36. The third-order valence-corrected chi connectivity index (χ3v) is 4.10. The molecule has 1 aliphatic carbocycles. The molecule has 4 nitrogen and oxygen atoms in total. The van der Waals surface area contributed by atoms with Crippen LogP contribution in [0.1, 0.15) is 50.8 Å². The van der Waals surface area contributed by atoms with E-state index in [0.717, 1.165) is 31.5 Å². The molecule has 0 aliphatic heterocycles. The van der Waals surface area contributed by atoms with Crippen molar-refractivity contribution in [2.24, 2.45) is 0 Å². The van der Waals surface area contributed by atoms with Gasteiger partial charge in [-0.1, -0.05) is 13.8 Å². The smallest absolute Gasteiger partial charge is 0.135 e. The van der Waals surface area contributed by atoms with Crippen molar-refractivity contribution in [3.63, 3.8) is 0 Å². The van der Waals surface area contributed by atoms with E-state index in [4.69, 9.17) is 0 Å². The summed E-state index contributed by atoms with van der Waals surface area (Å²) in [5.74, 6) is 1.06. The minimum Gasteiger partial charge on any atom is -0.395 e. The van der Waals surface area contributed by atoms with Crippen LogP contribution >= 0.6 is 0 Å². The summed E-state index contributed by atoms with van der Waals surface area (Å²) in [5, 5.41) is 9.36. The Hall–Kier alpha value is -1.16. The zero-order chi connectivity index (χ0) is 13.7. The van der Waals surface area contributed by atoms with E-state index in [2.05, 4.69) is 28.7 Å². The number of hydrogen-bond donors (Lipinski definition) is 1. The molecule has 0 saturated carbocycles. The number of nitrogens with zero attached hydrogens (tertiary/aromatic N) is 3. The van der Waals surface area contributed by atoms with E-state index in [1.807, 2.05) is 0 Å². The normalized spacial score (nSPS) is 14.5. The first-order valence-corrected chi connectivity index (χ1v) is 7.52. The Kier molecular flexibility index (Phi) is 5.14. The molecule has 1 aliphatic rings. The summed E-state index contributed by atoms with van der Waals surface area (Å²) >= 11 is 0. The van der Waals surface area contributed by atoms with Crippen molar-refractivity contribution in [2.75, 3.05) is 18.1 Å². The highest BCUT2D eigenvalue weighted by molar-refractivity contribution is 5.50. The number of rotatable bonds is 6. The van der Waals surface area contributed by atoms with Gasteiger partial charge in [-0.15, -0.1) is 0 Å². The summed E-state index contributed by atoms with van der Waals surface area (Å²) < 4.78 is 0. The van der Waals surface area contributed by atoms with Gasteiger partial charge < -0.3 is 10.0 Å². The molecule has 0 atom stereocenters. The standard InChI is InChI=1S/C15H25N3O/c1-3-12(4-2)18(9-10-19)15-13-7-5-6-8-14(13)16-11-17-15/h11-12,19H,3-10H2,1-2H3. The van der Waals surface area contributed by atoms with Crippen molar-refractivity contribution in [1.29, 1.82) is 0 Å². The molecule has 0 unspecified atom stereocenters. The van der Waals surface area contributed by atoms with E-state index in [-0.39, 0.29) is 6.61 Å². The van der Waals surface area contributed by atoms with Gasteiger partial charge in [-0.05, 0) is 38.5 Å². The lowest BCUT2D eigenvalue weighted by Gasteiger charge is -2.33. The number of anilines is 1. The van der Waals surface area contributed by atoms with E-state index >= 15 is 0 Å². The molecule has 2 rings (SSSR count). The van der Waals surface area contributed by atoms with Gasteiger partial charge in [-0.3, -0.25) is 0 Å². The van der Waals surface area contributed by atoms with Gasteiger partial charge >= 0.3 is 0 Å². The maximum atomic E-state index is 9.36. The van der Waals surface area contributed by atoms with E-state index in [1.165, 1.54) is 24.1 Å². The van der Waals surface area contributed by atoms with Crippen LogP contribution in [0.2, 0.25) is 0 Å². The van der Waals surface area contributed by atoms with Crippen molar-refractivity contribution < 1.29 is 5.11 Å². The lowest BCUT2D eigenvalue weighted by Crippen LogP contribution is -2.38. The number of aromatic nitrogens is 2. The van der Waals surface area contributed by atoms with Crippen molar-refractivity contribution in [3.05, 3.63) is 17.6 Å². The zero-order valence-electron chi connectivity index (χ0n) is 12.1. The molecule has 0 bridgehead atoms. The quantitative estimate of drug-likeness (QED) is 0.856. The Morgan fingerprint density at radius 2 is 1.95 bits per heavy atom. The average molecular weight is 263 g/mol. The molecular weight excluding hydrogens is 238 g/mol. The van der Waals surface area contributed by atoms with Crippen LogP contribution in [-0.2, 0) is 12.8 Å². The molecule has 1 N–H and O–H groups in total. The molecule has 19 heavy (non-hydrogen) atoms. The molecule has 1 aromatic heterocycles. The Morgan fingerprint density at radius 1 is 1.21 bits per heavy atom. The lowest BCUT2D eigenvalue weighted by molar-refractivity contribution is 0.295. The fourth-order valence-electron chi connectivity index (χ4n) is 3.05. The van der Waals surface area contributed by atoms with Gasteiger partial charge in [0.2, 0.25) is 0 Å².